The maximum atomic E-state index is 4.35. The highest BCUT2D eigenvalue weighted by Gasteiger charge is 2.21. The van der Waals surface area contributed by atoms with Crippen LogP contribution < -0.4 is 0 Å². The lowest BCUT2D eigenvalue weighted by molar-refractivity contribution is 0.675. The Labute approximate surface area is 111 Å². The van der Waals surface area contributed by atoms with E-state index in [1.54, 1.807) is 6.33 Å². The number of rotatable bonds is 0. The van der Waals surface area contributed by atoms with Gasteiger partial charge in [-0.05, 0) is 28.1 Å². The number of nitrogens with zero attached hydrogens (tertiary/aromatic N) is 5. The molecule has 5 nitrogen and oxygen atoms in total. The summed E-state index contributed by atoms with van der Waals surface area (Å²) in [6.45, 7) is 0.657. The summed E-state index contributed by atoms with van der Waals surface area (Å²) in [7, 11) is 0. The van der Waals surface area contributed by atoms with Crippen LogP contribution in [-0.4, -0.2) is 24.3 Å². The van der Waals surface area contributed by atoms with Crippen LogP contribution in [0, 0.1) is 0 Å². The molecule has 0 saturated carbocycles. The largest absolute Gasteiger partial charge is 0.299 e. The molecular formula is C12H8BrN5. The summed E-state index contributed by atoms with van der Waals surface area (Å²) in [4.78, 5) is 8.67. The second kappa shape index (κ2) is 3.52. The fraction of sp³-hybridized carbons (Fsp3) is 0.0833. The van der Waals surface area contributed by atoms with Gasteiger partial charge in [0.25, 0.3) is 0 Å². The topological polar surface area (TPSA) is 48.5 Å². The first kappa shape index (κ1) is 10.0. The van der Waals surface area contributed by atoms with Crippen molar-refractivity contribution in [1.82, 2.24) is 24.3 Å². The van der Waals surface area contributed by atoms with Crippen molar-refractivity contribution in [2.24, 2.45) is 0 Å². The minimum Gasteiger partial charge on any atom is -0.299 e. The number of benzene rings is 1. The van der Waals surface area contributed by atoms with Gasteiger partial charge in [-0.15, -0.1) is 0 Å². The van der Waals surface area contributed by atoms with Gasteiger partial charge < -0.3 is 0 Å². The zero-order valence-corrected chi connectivity index (χ0v) is 10.9. The quantitative estimate of drug-likeness (QED) is 0.500. The van der Waals surface area contributed by atoms with Crippen LogP contribution in [0.3, 0.4) is 0 Å². The molecule has 3 heterocycles. The van der Waals surface area contributed by atoms with Crippen LogP contribution in [0.25, 0.3) is 17.1 Å². The van der Waals surface area contributed by atoms with E-state index in [-0.39, 0.29) is 0 Å². The summed E-state index contributed by atoms with van der Waals surface area (Å²) in [5.74, 6) is 0.890. The minimum atomic E-state index is 0.657. The van der Waals surface area contributed by atoms with Crippen LogP contribution in [0.5, 0.6) is 0 Å². The summed E-state index contributed by atoms with van der Waals surface area (Å²) >= 11 is 3.49. The van der Waals surface area contributed by atoms with E-state index in [2.05, 4.69) is 47.7 Å². The third kappa shape index (κ3) is 1.23. The fourth-order valence-corrected chi connectivity index (χ4v) is 2.71. The zero-order chi connectivity index (χ0) is 12.1. The van der Waals surface area contributed by atoms with Crippen molar-refractivity contribution in [3.05, 3.63) is 47.2 Å². The van der Waals surface area contributed by atoms with Gasteiger partial charge in [0.2, 0.25) is 0 Å². The third-order valence-corrected chi connectivity index (χ3v) is 3.80. The van der Waals surface area contributed by atoms with E-state index < -0.39 is 0 Å². The molecule has 2 aromatic heterocycles. The average molecular weight is 302 g/mol. The molecule has 0 bridgehead atoms. The normalized spacial score (nSPS) is 12.5. The lowest BCUT2D eigenvalue weighted by Crippen LogP contribution is -2.04. The van der Waals surface area contributed by atoms with Crippen LogP contribution in [0.2, 0.25) is 0 Å². The van der Waals surface area contributed by atoms with Gasteiger partial charge in [0.05, 0.1) is 17.9 Å². The van der Waals surface area contributed by atoms with E-state index in [0.717, 1.165) is 27.4 Å². The molecular weight excluding hydrogens is 294 g/mol. The lowest BCUT2D eigenvalue weighted by Gasteiger charge is -2.07. The summed E-state index contributed by atoms with van der Waals surface area (Å²) in [6, 6.07) is 8.15. The summed E-state index contributed by atoms with van der Waals surface area (Å²) in [5.41, 5.74) is 3.22. The van der Waals surface area contributed by atoms with E-state index in [1.807, 2.05) is 23.1 Å². The molecule has 0 amide bonds. The van der Waals surface area contributed by atoms with Gasteiger partial charge in [-0.25, -0.2) is 14.6 Å². The molecule has 0 saturated heterocycles. The zero-order valence-electron chi connectivity index (χ0n) is 9.29. The second-order valence-corrected chi connectivity index (χ2v) is 4.86. The molecule has 6 heteroatoms. The number of para-hydroxylation sites is 1. The van der Waals surface area contributed by atoms with Crippen molar-refractivity contribution in [2.75, 3.05) is 0 Å². The van der Waals surface area contributed by atoms with Crippen molar-refractivity contribution >= 4 is 15.9 Å². The Hall–Kier alpha value is -1.95. The first-order valence-electron chi connectivity index (χ1n) is 5.54. The van der Waals surface area contributed by atoms with Crippen molar-refractivity contribution < 1.29 is 0 Å². The average Bonchev–Trinajstić information content (AvgIpc) is 2.96. The number of fused-ring (bicyclic) bond motifs is 5. The summed E-state index contributed by atoms with van der Waals surface area (Å²) < 4.78 is 4.82. The molecule has 1 aromatic carbocycles. The van der Waals surface area contributed by atoms with Gasteiger partial charge in [-0.3, -0.25) is 4.57 Å². The van der Waals surface area contributed by atoms with Crippen LogP contribution in [-0.2, 0) is 6.54 Å². The van der Waals surface area contributed by atoms with Crippen LogP contribution >= 0.6 is 15.9 Å². The Kier molecular flexibility index (Phi) is 1.96. The summed E-state index contributed by atoms with van der Waals surface area (Å²) in [5, 5.41) is 4.28. The smallest absolute Gasteiger partial charge is 0.160 e. The predicted octanol–water partition coefficient (Wildman–Crippen LogP) is 2.25. The highest BCUT2D eigenvalue weighted by atomic mass is 79.9. The second-order valence-electron chi connectivity index (χ2n) is 4.11. The molecule has 0 fully saturated rings. The molecule has 3 aromatic rings. The molecule has 0 spiro atoms. The van der Waals surface area contributed by atoms with E-state index in [9.17, 15) is 0 Å². The lowest BCUT2D eigenvalue weighted by atomic mass is 10.1. The van der Waals surface area contributed by atoms with Gasteiger partial charge in [0, 0.05) is 5.56 Å². The van der Waals surface area contributed by atoms with E-state index in [4.69, 9.17) is 0 Å². The fourth-order valence-electron chi connectivity index (χ4n) is 2.30. The van der Waals surface area contributed by atoms with E-state index >= 15 is 0 Å². The molecule has 0 N–H and O–H groups in total. The first-order valence-corrected chi connectivity index (χ1v) is 6.33. The minimum absolute atomic E-state index is 0.657. The number of aromatic nitrogens is 5. The number of hydrogen-bond acceptors (Lipinski definition) is 3. The Morgan fingerprint density at radius 3 is 3.00 bits per heavy atom. The number of imidazole rings is 1. The first-order chi connectivity index (χ1) is 8.84. The molecule has 18 heavy (non-hydrogen) atoms. The Morgan fingerprint density at radius 1 is 1.17 bits per heavy atom. The molecule has 0 unspecified atom stereocenters. The maximum absolute atomic E-state index is 4.35. The SMILES string of the molecule is Brc1ncn2c1Cn1ncnc1-c1ccccc1-2. The highest BCUT2D eigenvalue weighted by Crippen LogP contribution is 2.31. The van der Waals surface area contributed by atoms with Crippen molar-refractivity contribution in [3.8, 4) is 17.1 Å². The molecule has 4 rings (SSSR count). The monoisotopic (exact) mass is 301 g/mol. The van der Waals surface area contributed by atoms with Crippen molar-refractivity contribution in [3.63, 3.8) is 0 Å². The highest BCUT2D eigenvalue weighted by molar-refractivity contribution is 9.10. The van der Waals surface area contributed by atoms with Gasteiger partial charge >= 0.3 is 0 Å². The van der Waals surface area contributed by atoms with Crippen molar-refractivity contribution in [1.29, 1.82) is 0 Å². The molecule has 0 radical (unpaired) electrons. The van der Waals surface area contributed by atoms with Crippen LogP contribution in [0.1, 0.15) is 5.69 Å². The molecule has 1 aliphatic rings. The van der Waals surface area contributed by atoms with E-state index in [1.165, 1.54) is 0 Å². The molecule has 88 valence electrons. The number of halogens is 1. The van der Waals surface area contributed by atoms with Gasteiger partial charge in [-0.2, -0.15) is 5.10 Å². The van der Waals surface area contributed by atoms with Gasteiger partial charge in [0.1, 0.15) is 17.3 Å². The molecule has 1 aliphatic heterocycles. The third-order valence-electron chi connectivity index (χ3n) is 3.14. The maximum Gasteiger partial charge on any atom is 0.160 e. The molecule has 0 atom stereocenters. The van der Waals surface area contributed by atoms with E-state index in [0.29, 0.717) is 6.54 Å². The van der Waals surface area contributed by atoms with Gasteiger partial charge in [-0.1, -0.05) is 12.1 Å². The Morgan fingerprint density at radius 2 is 2.06 bits per heavy atom. The van der Waals surface area contributed by atoms with Gasteiger partial charge in [0.15, 0.2) is 5.82 Å². The van der Waals surface area contributed by atoms with Crippen LogP contribution in [0.15, 0.2) is 41.5 Å². The predicted molar refractivity (Wildman–Crippen MR) is 69.4 cm³/mol. The van der Waals surface area contributed by atoms with Crippen LogP contribution in [0.4, 0.5) is 0 Å². The molecule has 0 aliphatic carbocycles. The Balaban J connectivity index is 2.14. The van der Waals surface area contributed by atoms with Crippen molar-refractivity contribution in [2.45, 2.75) is 6.54 Å². The standard InChI is InChI=1S/C12H8BrN5/c13-11-10-5-18-12(14-6-16-18)8-3-1-2-4-9(8)17(10)7-15-11/h1-4,6-7H,5H2. The summed E-state index contributed by atoms with van der Waals surface area (Å²) in [6.07, 6.45) is 3.41. The number of hydrogen-bond donors (Lipinski definition) is 0. The Bertz CT molecular complexity index is 743.